The van der Waals surface area contributed by atoms with Crippen LogP contribution in [0.3, 0.4) is 0 Å². The lowest BCUT2D eigenvalue weighted by atomic mass is 9.94. The maximum absolute atomic E-state index is 13.3. The third kappa shape index (κ3) is 3.34. The number of amides is 1. The Morgan fingerprint density at radius 2 is 1.88 bits per heavy atom. The fourth-order valence-electron chi connectivity index (χ4n) is 4.42. The number of primary amides is 1. The first kappa shape index (κ1) is 20.5. The number of aromatic nitrogens is 3. The van der Waals surface area contributed by atoms with Crippen molar-refractivity contribution in [2.45, 2.75) is 13.3 Å². The van der Waals surface area contributed by atoms with Gasteiger partial charge in [0, 0.05) is 17.1 Å². The molecule has 2 heterocycles. The second-order valence-corrected chi connectivity index (χ2v) is 7.91. The molecule has 0 aliphatic heterocycles. The van der Waals surface area contributed by atoms with Crippen molar-refractivity contribution < 1.29 is 9.53 Å². The van der Waals surface area contributed by atoms with Crippen molar-refractivity contribution in [1.29, 1.82) is 0 Å². The SMILES string of the molecule is COc1cccc2c(=O)n(-c3cccc(-c4ccc(CC(N)=O)c5[nH]ccc45)c3C)cnc12. The summed E-state index contributed by atoms with van der Waals surface area (Å²) in [6.07, 6.45) is 3.56. The summed E-state index contributed by atoms with van der Waals surface area (Å²) in [5.74, 6) is 0.185. The summed E-state index contributed by atoms with van der Waals surface area (Å²) >= 11 is 0. The second-order valence-electron chi connectivity index (χ2n) is 7.91. The Labute approximate surface area is 189 Å². The van der Waals surface area contributed by atoms with Gasteiger partial charge in [-0.25, -0.2) is 4.98 Å². The van der Waals surface area contributed by atoms with Crippen molar-refractivity contribution in [3.63, 3.8) is 0 Å². The van der Waals surface area contributed by atoms with Crippen LogP contribution >= 0.6 is 0 Å². The molecule has 2 aromatic heterocycles. The predicted octanol–water partition coefficient (Wildman–Crippen LogP) is 3.88. The highest BCUT2D eigenvalue weighted by Crippen LogP contribution is 2.34. The van der Waals surface area contributed by atoms with Crippen LogP contribution in [0.15, 0.2) is 71.9 Å². The highest BCUT2D eigenvalue weighted by Gasteiger charge is 2.16. The molecule has 0 fully saturated rings. The Morgan fingerprint density at radius 3 is 2.67 bits per heavy atom. The van der Waals surface area contributed by atoms with E-state index in [-0.39, 0.29) is 17.9 Å². The number of carbonyl (C=O) groups is 1. The van der Waals surface area contributed by atoms with Crippen molar-refractivity contribution in [1.82, 2.24) is 14.5 Å². The van der Waals surface area contributed by atoms with Crippen molar-refractivity contribution in [3.05, 3.63) is 88.6 Å². The van der Waals surface area contributed by atoms with E-state index in [1.165, 1.54) is 0 Å². The lowest BCUT2D eigenvalue weighted by Gasteiger charge is -2.15. The number of nitrogens with two attached hydrogens (primary N) is 1. The van der Waals surface area contributed by atoms with Crippen molar-refractivity contribution >= 4 is 27.7 Å². The Hall–Kier alpha value is -4.39. The molecule has 0 aliphatic rings. The van der Waals surface area contributed by atoms with Gasteiger partial charge in [0.25, 0.3) is 5.56 Å². The number of hydrogen-bond donors (Lipinski definition) is 2. The number of benzene rings is 3. The monoisotopic (exact) mass is 438 g/mol. The number of methoxy groups -OCH3 is 1. The minimum atomic E-state index is -0.378. The Morgan fingerprint density at radius 1 is 1.06 bits per heavy atom. The van der Waals surface area contributed by atoms with Crippen LogP contribution in [0.1, 0.15) is 11.1 Å². The van der Waals surface area contributed by atoms with Crippen LogP contribution in [-0.2, 0) is 11.2 Å². The van der Waals surface area contributed by atoms with Gasteiger partial charge in [-0.15, -0.1) is 0 Å². The number of hydrogen-bond acceptors (Lipinski definition) is 4. The molecule has 7 nitrogen and oxygen atoms in total. The molecule has 1 amide bonds. The first-order chi connectivity index (χ1) is 16.0. The third-order valence-electron chi connectivity index (χ3n) is 6.00. The van der Waals surface area contributed by atoms with E-state index in [0.29, 0.717) is 16.7 Å². The normalized spacial score (nSPS) is 11.2. The molecular weight excluding hydrogens is 416 g/mol. The van der Waals surface area contributed by atoms with Gasteiger partial charge in [-0.2, -0.15) is 0 Å². The van der Waals surface area contributed by atoms with E-state index in [2.05, 4.69) is 9.97 Å². The zero-order chi connectivity index (χ0) is 23.1. The maximum Gasteiger partial charge on any atom is 0.265 e. The Kier molecular flexibility index (Phi) is 4.94. The lowest BCUT2D eigenvalue weighted by molar-refractivity contribution is -0.117. The topological polar surface area (TPSA) is 103 Å². The fraction of sp³-hybridized carbons (Fsp3) is 0.115. The van der Waals surface area contributed by atoms with Gasteiger partial charge in [0.15, 0.2) is 0 Å². The summed E-state index contributed by atoms with van der Waals surface area (Å²) in [5.41, 5.74) is 11.2. The lowest BCUT2D eigenvalue weighted by Crippen LogP contribution is -2.20. The number of ether oxygens (including phenoxy) is 1. The second kappa shape index (κ2) is 7.94. The molecule has 0 bridgehead atoms. The highest BCUT2D eigenvalue weighted by atomic mass is 16.5. The molecule has 0 aliphatic carbocycles. The number of fused-ring (bicyclic) bond motifs is 2. The molecular formula is C26H22N4O3. The summed E-state index contributed by atoms with van der Waals surface area (Å²) in [6, 6.07) is 17.1. The van der Waals surface area contributed by atoms with Gasteiger partial charge >= 0.3 is 0 Å². The average molecular weight is 438 g/mol. The summed E-state index contributed by atoms with van der Waals surface area (Å²) in [4.78, 5) is 32.5. The molecule has 0 unspecified atom stereocenters. The fourth-order valence-corrected chi connectivity index (χ4v) is 4.42. The quantitative estimate of drug-likeness (QED) is 0.435. The van der Waals surface area contributed by atoms with Gasteiger partial charge in [-0.1, -0.05) is 30.3 Å². The summed E-state index contributed by atoms with van der Waals surface area (Å²) in [6.45, 7) is 1.99. The molecule has 3 N–H and O–H groups in total. The molecule has 5 aromatic rings. The van der Waals surface area contributed by atoms with Crippen LogP contribution < -0.4 is 16.0 Å². The minimum Gasteiger partial charge on any atom is -0.494 e. The van der Waals surface area contributed by atoms with Gasteiger partial charge in [-0.05, 0) is 53.4 Å². The molecule has 7 heteroatoms. The number of nitrogens with one attached hydrogen (secondary N) is 1. The largest absolute Gasteiger partial charge is 0.494 e. The van der Waals surface area contributed by atoms with Gasteiger partial charge in [0.1, 0.15) is 17.6 Å². The molecule has 0 saturated heterocycles. The standard InChI is InChI=1S/C26H22N4O3/c1-15-17(18-10-9-16(13-23(27)31)24-19(18)11-12-28-24)5-3-7-21(15)30-14-29-25-20(26(30)32)6-4-8-22(25)33-2/h3-12,14,28H,13H2,1-2H3,(H2,27,31). The van der Waals surface area contributed by atoms with Gasteiger partial charge in [0.2, 0.25) is 5.91 Å². The first-order valence-corrected chi connectivity index (χ1v) is 10.5. The average Bonchev–Trinajstić information content (AvgIpc) is 3.30. The van der Waals surface area contributed by atoms with E-state index >= 15 is 0 Å². The Balaban J connectivity index is 1.69. The highest BCUT2D eigenvalue weighted by molar-refractivity contribution is 5.99. The van der Waals surface area contributed by atoms with E-state index in [0.717, 1.165) is 38.8 Å². The molecule has 0 spiro atoms. The zero-order valence-electron chi connectivity index (χ0n) is 18.3. The van der Waals surface area contributed by atoms with E-state index in [1.807, 2.05) is 49.5 Å². The van der Waals surface area contributed by atoms with Gasteiger partial charge in [-0.3, -0.25) is 14.2 Å². The molecule has 5 rings (SSSR count). The molecule has 0 atom stereocenters. The molecule has 33 heavy (non-hydrogen) atoms. The summed E-state index contributed by atoms with van der Waals surface area (Å²) < 4.78 is 6.92. The molecule has 164 valence electrons. The number of para-hydroxylation sites is 1. The number of nitrogens with zero attached hydrogens (tertiary/aromatic N) is 2. The van der Waals surface area contributed by atoms with E-state index < -0.39 is 0 Å². The van der Waals surface area contributed by atoms with Crippen LogP contribution in [-0.4, -0.2) is 27.6 Å². The zero-order valence-corrected chi connectivity index (χ0v) is 18.3. The smallest absolute Gasteiger partial charge is 0.265 e. The van der Waals surface area contributed by atoms with E-state index in [4.69, 9.17) is 10.5 Å². The minimum absolute atomic E-state index is 0.164. The van der Waals surface area contributed by atoms with Gasteiger partial charge in [0.05, 0.1) is 24.6 Å². The number of rotatable bonds is 5. The van der Waals surface area contributed by atoms with Crippen molar-refractivity contribution in [2.75, 3.05) is 7.11 Å². The number of aromatic amines is 1. The summed E-state index contributed by atoms with van der Waals surface area (Å²) in [7, 11) is 1.56. The molecule has 3 aromatic carbocycles. The number of carbonyl (C=O) groups excluding carboxylic acids is 1. The Bertz CT molecular complexity index is 1600. The van der Waals surface area contributed by atoms with E-state index in [9.17, 15) is 9.59 Å². The number of H-pyrrole nitrogens is 1. The van der Waals surface area contributed by atoms with Crippen LogP contribution in [0.4, 0.5) is 0 Å². The third-order valence-corrected chi connectivity index (χ3v) is 6.00. The summed E-state index contributed by atoms with van der Waals surface area (Å²) in [5, 5.41) is 1.48. The predicted molar refractivity (Wildman–Crippen MR) is 129 cm³/mol. The van der Waals surface area contributed by atoms with Crippen molar-refractivity contribution in [3.8, 4) is 22.6 Å². The van der Waals surface area contributed by atoms with Crippen LogP contribution in [0.25, 0.3) is 38.6 Å². The van der Waals surface area contributed by atoms with E-state index in [1.54, 1.807) is 36.2 Å². The maximum atomic E-state index is 13.3. The molecule has 0 saturated carbocycles. The van der Waals surface area contributed by atoms with Gasteiger partial charge < -0.3 is 15.5 Å². The van der Waals surface area contributed by atoms with Crippen LogP contribution in [0.2, 0.25) is 0 Å². The molecule has 0 radical (unpaired) electrons. The van der Waals surface area contributed by atoms with Crippen LogP contribution in [0, 0.1) is 6.92 Å². The first-order valence-electron chi connectivity index (χ1n) is 10.5. The van der Waals surface area contributed by atoms with Crippen molar-refractivity contribution in [2.24, 2.45) is 5.73 Å². The van der Waals surface area contributed by atoms with Crippen LogP contribution in [0.5, 0.6) is 5.75 Å².